The van der Waals surface area contributed by atoms with E-state index in [1.165, 1.54) is 18.2 Å². The Hall–Kier alpha value is -1.93. The average molecular weight is 259 g/mol. The second kappa shape index (κ2) is 4.93. The first-order valence-corrected chi connectivity index (χ1v) is 5.86. The van der Waals surface area contributed by atoms with Gasteiger partial charge in [-0.3, -0.25) is 4.79 Å². The monoisotopic (exact) mass is 259 g/mol. The normalized spacial score (nSPS) is 11.1. The van der Waals surface area contributed by atoms with Crippen molar-refractivity contribution in [2.45, 2.75) is 4.90 Å². The number of hydrogen-bond acceptors (Lipinski definition) is 4. The molecule has 0 heterocycles. The van der Waals surface area contributed by atoms with Gasteiger partial charge in [0, 0.05) is 0 Å². The van der Waals surface area contributed by atoms with Crippen molar-refractivity contribution in [3.05, 3.63) is 29.8 Å². The fourth-order valence-corrected chi connectivity index (χ4v) is 2.06. The Bertz CT molecular complexity index is 550. The molecule has 0 bridgehead atoms. The molecule has 1 rings (SSSR count). The van der Waals surface area contributed by atoms with Crippen LogP contribution in [0.2, 0.25) is 0 Å². The first kappa shape index (κ1) is 13.1. The van der Waals surface area contributed by atoms with E-state index in [0.29, 0.717) is 0 Å². The number of rotatable bonds is 5. The molecule has 0 atom stereocenters. The van der Waals surface area contributed by atoms with E-state index in [-0.39, 0.29) is 10.5 Å². The Morgan fingerprint density at radius 3 is 2.41 bits per heavy atom. The van der Waals surface area contributed by atoms with Crippen molar-refractivity contribution in [2.75, 3.05) is 6.54 Å². The SMILES string of the molecule is O=C(O)CNS(=O)(=O)c1cccc(C(=O)O)c1. The molecule has 0 saturated heterocycles. The minimum Gasteiger partial charge on any atom is -0.480 e. The van der Waals surface area contributed by atoms with Gasteiger partial charge in [-0.1, -0.05) is 6.07 Å². The van der Waals surface area contributed by atoms with Crippen molar-refractivity contribution in [3.8, 4) is 0 Å². The molecule has 0 radical (unpaired) electrons. The maximum atomic E-state index is 11.5. The Kier molecular flexibility index (Phi) is 3.81. The van der Waals surface area contributed by atoms with Crippen molar-refractivity contribution in [3.63, 3.8) is 0 Å². The minimum absolute atomic E-state index is 0.191. The van der Waals surface area contributed by atoms with Crippen LogP contribution >= 0.6 is 0 Å². The van der Waals surface area contributed by atoms with E-state index in [4.69, 9.17) is 10.2 Å². The fraction of sp³-hybridized carbons (Fsp3) is 0.111. The van der Waals surface area contributed by atoms with Crippen LogP contribution in [0.5, 0.6) is 0 Å². The Morgan fingerprint density at radius 2 is 1.88 bits per heavy atom. The summed E-state index contributed by atoms with van der Waals surface area (Å²) >= 11 is 0. The molecule has 17 heavy (non-hydrogen) atoms. The van der Waals surface area contributed by atoms with Gasteiger partial charge in [0.15, 0.2) is 0 Å². The van der Waals surface area contributed by atoms with Gasteiger partial charge in [0.2, 0.25) is 10.0 Å². The van der Waals surface area contributed by atoms with Crippen LogP contribution in [0.1, 0.15) is 10.4 Å². The summed E-state index contributed by atoms with van der Waals surface area (Å²) in [7, 11) is -4.01. The van der Waals surface area contributed by atoms with Crippen LogP contribution < -0.4 is 4.72 Å². The van der Waals surface area contributed by atoms with Crippen LogP contribution in [0.4, 0.5) is 0 Å². The lowest BCUT2D eigenvalue weighted by atomic mass is 10.2. The summed E-state index contributed by atoms with van der Waals surface area (Å²) in [5, 5.41) is 17.0. The van der Waals surface area contributed by atoms with Gasteiger partial charge in [-0.15, -0.1) is 0 Å². The molecule has 0 saturated carbocycles. The number of carboxylic acids is 2. The third-order valence-electron chi connectivity index (χ3n) is 1.80. The van der Waals surface area contributed by atoms with Gasteiger partial charge in [0.25, 0.3) is 0 Å². The average Bonchev–Trinajstić information content (AvgIpc) is 2.27. The van der Waals surface area contributed by atoms with Crippen LogP contribution in [0.25, 0.3) is 0 Å². The highest BCUT2D eigenvalue weighted by Gasteiger charge is 2.16. The summed E-state index contributed by atoms with van der Waals surface area (Å²) in [6.07, 6.45) is 0. The first-order valence-electron chi connectivity index (χ1n) is 4.38. The second-order valence-electron chi connectivity index (χ2n) is 3.05. The molecule has 0 aliphatic carbocycles. The number of carboxylic acid groups (broad SMARTS) is 2. The largest absolute Gasteiger partial charge is 0.480 e. The molecule has 1 aromatic rings. The lowest BCUT2D eigenvalue weighted by Gasteiger charge is -2.05. The summed E-state index contributed by atoms with van der Waals surface area (Å²) < 4.78 is 24.9. The molecule has 0 spiro atoms. The van der Waals surface area contributed by atoms with Crippen LogP contribution in [0.3, 0.4) is 0 Å². The molecule has 0 fully saturated rings. The van der Waals surface area contributed by atoms with Gasteiger partial charge < -0.3 is 10.2 Å². The molecule has 0 aliphatic rings. The zero-order valence-electron chi connectivity index (χ0n) is 8.45. The number of carbonyl (C=O) groups is 2. The standard InChI is InChI=1S/C9H9NO6S/c11-8(12)5-10-17(15,16)7-3-1-2-6(4-7)9(13)14/h1-4,10H,5H2,(H,11,12)(H,13,14). The van der Waals surface area contributed by atoms with E-state index in [2.05, 4.69) is 0 Å². The maximum absolute atomic E-state index is 11.5. The third kappa shape index (κ3) is 3.54. The van der Waals surface area contributed by atoms with E-state index in [1.54, 1.807) is 0 Å². The maximum Gasteiger partial charge on any atom is 0.335 e. The lowest BCUT2D eigenvalue weighted by molar-refractivity contribution is -0.135. The molecular weight excluding hydrogens is 250 g/mol. The molecule has 0 amide bonds. The van der Waals surface area contributed by atoms with Crippen LogP contribution in [-0.2, 0) is 14.8 Å². The quantitative estimate of drug-likeness (QED) is 0.670. The van der Waals surface area contributed by atoms with Gasteiger partial charge in [-0.25, -0.2) is 13.2 Å². The van der Waals surface area contributed by atoms with Crippen molar-refractivity contribution in [2.24, 2.45) is 0 Å². The van der Waals surface area contributed by atoms with Gasteiger partial charge in [0.1, 0.15) is 6.54 Å². The van der Waals surface area contributed by atoms with E-state index in [0.717, 1.165) is 6.07 Å². The molecule has 8 heteroatoms. The molecule has 3 N–H and O–H groups in total. The van der Waals surface area contributed by atoms with Crippen molar-refractivity contribution < 1.29 is 28.2 Å². The van der Waals surface area contributed by atoms with Gasteiger partial charge in [0.05, 0.1) is 10.5 Å². The summed E-state index contributed by atoms with van der Waals surface area (Å²) in [5.41, 5.74) is -0.191. The van der Waals surface area contributed by atoms with Crippen LogP contribution in [-0.4, -0.2) is 37.1 Å². The summed E-state index contributed by atoms with van der Waals surface area (Å²) in [6, 6.07) is 4.63. The molecular formula is C9H9NO6S. The van der Waals surface area contributed by atoms with Gasteiger partial charge >= 0.3 is 11.9 Å². The Labute approximate surface area is 96.7 Å². The number of aliphatic carboxylic acids is 1. The molecule has 1 aromatic carbocycles. The molecule has 0 aliphatic heterocycles. The Morgan fingerprint density at radius 1 is 1.24 bits per heavy atom. The molecule has 92 valence electrons. The molecule has 7 nitrogen and oxygen atoms in total. The summed E-state index contributed by atoms with van der Waals surface area (Å²) in [4.78, 5) is 20.6. The number of nitrogens with one attached hydrogen (secondary N) is 1. The van der Waals surface area contributed by atoms with Crippen molar-refractivity contribution in [1.29, 1.82) is 0 Å². The molecule has 0 unspecified atom stereocenters. The van der Waals surface area contributed by atoms with E-state index < -0.39 is 28.5 Å². The third-order valence-corrected chi connectivity index (χ3v) is 3.20. The smallest absolute Gasteiger partial charge is 0.335 e. The second-order valence-corrected chi connectivity index (χ2v) is 4.82. The number of aromatic carboxylic acids is 1. The van der Waals surface area contributed by atoms with Crippen LogP contribution in [0, 0.1) is 0 Å². The Balaban J connectivity index is 3.03. The van der Waals surface area contributed by atoms with Gasteiger partial charge in [-0.05, 0) is 18.2 Å². The zero-order chi connectivity index (χ0) is 13.1. The highest BCUT2D eigenvalue weighted by molar-refractivity contribution is 7.89. The number of benzene rings is 1. The predicted molar refractivity (Wildman–Crippen MR) is 56.2 cm³/mol. The summed E-state index contributed by atoms with van der Waals surface area (Å²) in [6.45, 7) is -0.764. The van der Waals surface area contributed by atoms with E-state index in [1.807, 2.05) is 4.72 Å². The van der Waals surface area contributed by atoms with Crippen LogP contribution in [0.15, 0.2) is 29.2 Å². The minimum atomic E-state index is -4.01. The van der Waals surface area contributed by atoms with Gasteiger partial charge in [-0.2, -0.15) is 4.72 Å². The van der Waals surface area contributed by atoms with E-state index >= 15 is 0 Å². The lowest BCUT2D eigenvalue weighted by Crippen LogP contribution is -2.29. The fourth-order valence-electron chi connectivity index (χ4n) is 1.04. The zero-order valence-corrected chi connectivity index (χ0v) is 9.27. The first-order chi connectivity index (χ1) is 7.83. The summed E-state index contributed by atoms with van der Waals surface area (Å²) in [5.74, 6) is -2.59. The number of hydrogen-bond donors (Lipinski definition) is 3. The number of sulfonamides is 1. The van der Waals surface area contributed by atoms with Crippen molar-refractivity contribution in [1.82, 2.24) is 4.72 Å². The highest BCUT2D eigenvalue weighted by Crippen LogP contribution is 2.11. The highest BCUT2D eigenvalue weighted by atomic mass is 32.2. The van der Waals surface area contributed by atoms with Crippen molar-refractivity contribution >= 4 is 22.0 Å². The topological polar surface area (TPSA) is 121 Å². The van der Waals surface area contributed by atoms with E-state index in [9.17, 15) is 18.0 Å². The predicted octanol–water partition coefficient (Wildman–Crippen LogP) is -0.252. The molecule has 0 aromatic heterocycles.